The van der Waals surface area contributed by atoms with Gasteiger partial charge in [0.15, 0.2) is 0 Å². The van der Waals surface area contributed by atoms with Crippen molar-refractivity contribution in [2.75, 3.05) is 10.6 Å². The molecule has 132 valence electrons. The molecule has 1 aliphatic rings. The van der Waals surface area contributed by atoms with E-state index in [4.69, 9.17) is 0 Å². The monoisotopic (exact) mass is 346 g/mol. The highest BCUT2D eigenvalue weighted by Crippen LogP contribution is 2.20. The third kappa shape index (κ3) is 4.71. The fraction of sp³-hybridized carbons (Fsp3) is 0.389. The molecule has 0 spiro atoms. The lowest BCUT2D eigenvalue weighted by molar-refractivity contribution is 0.102. The molecular weight excluding hydrogens is 326 g/mol. The van der Waals surface area contributed by atoms with Crippen molar-refractivity contribution in [1.82, 2.24) is 9.97 Å². The summed E-state index contributed by atoms with van der Waals surface area (Å²) in [6, 6.07) is 4.73. The summed E-state index contributed by atoms with van der Waals surface area (Å²) in [6.07, 6.45) is 8.42. The summed E-state index contributed by atoms with van der Waals surface area (Å²) in [5.74, 6) is -1.72. The number of carbonyl (C=O) groups is 1. The first-order valence-corrected chi connectivity index (χ1v) is 8.48. The summed E-state index contributed by atoms with van der Waals surface area (Å²) >= 11 is 0. The van der Waals surface area contributed by atoms with Crippen LogP contribution in [0.4, 0.5) is 20.4 Å². The third-order valence-corrected chi connectivity index (χ3v) is 4.26. The fourth-order valence-corrected chi connectivity index (χ4v) is 2.94. The van der Waals surface area contributed by atoms with Crippen molar-refractivity contribution in [3.63, 3.8) is 0 Å². The molecule has 1 aromatic carbocycles. The molecule has 5 nitrogen and oxygen atoms in total. The van der Waals surface area contributed by atoms with Gasteiger partial charge in [0.1, 0.15) is 17.3 Å². The Hall–Kier alpha value is -2.57. The van der Waals surface area contributed by atoms with Gasteiger partial charge in [-0.3, -0.25) is 4.79 Å². The van der Waals surface area contributed by atoms with E-state index in [0.29, 0.717) is 18.1 Å². The highest BCUT2D eigenvalue weighted by Gasteiger charge is 2.15. The normalized spacial score (nSPS) is 15.4. The highest BCUT2D eigenvalue weighted by molar-refractivity contribution is 6.03. The average molecular weight is 346 g/mol. The molecule has 1 aliphatic carbocycles. The lowest BCUT2D eigenvalue weighted by Crippen LogP contribution is -2.21. The lowest BCUT2D eigenvalue weighted by Gasteiger charge is -2.16. The third-order valence-electron chi connectivity index (χ3n) is 4.26. The molecule has 0 radical (unpaired) electrons. The number of nitrogens with one attached hydrogen (secondary N) is 2. The minimum absolute atomic E-state index is 0.0942. The zero-order chi connectivity index (χ0) is 17.6. The van der Waals surface area contributed by atoms with Crippen LogP contribution in [0, 0.1) is 11.6 Å². The maximum absolute atomic E-state index is 13.7. The molecule has 1 saturated carbocycles. The van der Waals surface area contributed by atoms with Crippen molar-refractivity contribution < 1.29 is 13.6 Å². The topological polar surface area (TPSA) is 66.9 Å². The Morgan fingerprint density at radius 3 is 2.56 bits per heavy atom. The first kappa shape index (κ1) is 17.3. The van der Waals surface area contributed by atoms with E-state index in [1.165, 1.54) is 44.0 Å². The number of amides is 1. The van der Waals surface area contributed by atoms with Crippen molar-refractivity contribution in [1.29, 1.82) is 0 Å². The molecule has 7 heteroatoms. The van der Waals surface area contributed by atoms with Gasteiger partial charge in [-0.2, -0.15) is 0 Å². The zero-order valence-corrected chi connectivity index (χ0v) is 13.8. The maximum Gasteiger partial charge on any atom is 0.274 e. The Bertz CT molecular complexity index is 746. The number of rotatable bonds is 4. The largest absolute Gasteiger partial charge is 0.351 e. The molecule has 0 atom stereocenters. The number of hydrogen-bond donors (Lipinski definition) is 2. The van der Waals surface area contributed by atoms with E-state index >= 15 is 0 Å². The van der Waals surface area contributed by atoms with E-state index in [1.807, 2.05) is 0 Å². The number of aromatic nitrogens is 2. The van der Waals surface area contributed by atoms with Crippen LogP contribution < -0.4 is 10.6 Å². The van der Waals surface area contributed by atoms with Crippen LogP contribution in [0.3, 0.4) is 0 Å². The smallest absolute Gasteiger partial charge is 0.274 e. The minimum Gasteiger partial charge on any atom is -0.351 e. The molecule has 1 amide bonds. The Labute approximate surface area is 144 Å². The second-order valence-corrected chi connectivity index (χ2v) is 6.18. The molecule has 1 aromatic heterocycles. The molecule has 25 heavy (non-hydrogen) atoms. The van der Waals surface area contributed by atoms with E-state index in [-0.39, 0.29) is 11.4 Å². The van der Waals surface area contributed by atoms with Crippen LogP contribution in [0.1, 0.15) is 49.0 Å². The van der Waals surface area contributed by atoms with Crippen molar-refractivity contribution in [2.24, 2.45) is 0 Å². The van der Waals surface area contributed by atoms with E-state index in [0.717, 1.165) is 18.9 Å². The van der Waals surface area contributed by atoms with Crippen LogP contribution in [0.2, 0.25) is 0 Å². The molecular formula is C18H20F2N4O. The van der Waals surface area contributed by atoms with Crippen molar-refractivity contribution in [3.8, 4) is 0 Å². The van der Waals surface area contributed by atoms with E-state index in [1.54, 1.807) is 0 Å². The predicted octanol–water partition coefficient (Wildman–Crippen LogP) is 4.14. The standard InChI is InChI=1S/C18H20F2N4O/c19-12-7-8-15(14(20)11-12)23-17(25)16-9-10-21-18(24-16)22-13-5-3-1-2-4-6-13/h7-11,13H,1-6H2,(H,23,25)(H,21,22,24). The van der Waals surface area contributed by atoms with Gasteiger partial charge in [-0.1, -0.05) is 25.7 Å². The number of halogens is 2. The van der Waals surface area contributed by atoms with E-state index in [2.05, 4.69) is 20.6 Å². The van der Waals surface area contributed by atoms with E-state index < -0.39 is 17.5 Å². The summed E-state index contributed by atoms with van der Waals surface area (Å²) in [5, 5.41) is 5.67. The minimum atomic E-state index is -0.834. The van der Waals surface area contributed by atoms with Crippen LogP contribution in [-0.4, -0.2) is 21.9 Å². The molecule has 0 aliphatic heterocycles. The zero-order valence-electron chi connectivity index (χ0n) is 13.8. The number of hydrogen-bond acceptors (Lipinski definition) is 4. The molecule has 3 rings (SSSR count). The SMILES string of the molecule is O=C(Nc1ccc(F)cc1F)c1ccnc(NC2CCCCCC2)n1. The summed E-state index contributed by atoms with van der Waals surface area (Å²) in [5.41, 5.74) is 0.0261. The van der Waals surface area contributed by atoms with Crippen molar-refractivity contribution in [2.45, 2.75) is 44.6 Å². The number of anilines is 2. The molecule has 0 saturated heterocycles. The Kier molecular flexibility index (Phi) is 5.53. The Morgan fingerprint density at radius 2 is 1.84 bits per heavy atom. The highest BCUT2D eigenvalue weighted by atomic mass is 19.1. The number of nitrogens with zero attached hydrogens (tertiary/aromatic N) is 2. The summed E-state index contributed by atoms with van der Waals surface area (Å²) in [6.45, 7) is 0. The van der Waals surface area contributed by atoms with Crippen molar-refractivity contribution in [3.05, 3.63) is 47.8 Å². The first-order chi connectivity index (χ1) is 12.1. The Balaban J connectivity index is 1.68. The fourth-order valence-electron chi connectivity index (χ4n) is 2.94. The van der Waals surface area contributed by atoms with Crippen LogP contribution in [0.25, 0.3) is 0 Å². The summed E-state index contributed by atoms with van der Waals surface area (Å²) in [7, 11) is 0. The Morgan fingerprint density at radius 1 is 1.08 bits per heavy atom. The van der Waals surface area contributed by atoms with Gasteiger partial charge in [-0.05, 0) is 31.0 Å². The first-order valence-electron chi connectivity index (χ1n) is 8.48. The van der Waals surface area contributed by atoms with Gasteiger partial charge in [-0.15, -0.1) is 0 Å². The summed E-state index contributed by atoms with van der Waals surface area (Å²) in [4.78, 5) is 20.6. The van der Waals surface area contributed by atoms with Gasteiger partial charge in [0.25, 0.3) is 5.91 Å². The molecule has 2 N–H and O–H groups in total. The molecule has 0 bridgehead atoms. The van der Waals surface area contributed by atoms with Crippen LogP contribution in [-0.2, 0) is 0 Å². The molecule has 0 unspecified atom stereocenters. The van der Waals surface area contributed by atoms with Gasteiger partial charge in [0.2, 0.25) is 5.95 Å². The van der Waals surface area contributed by atoms with Crippen LogP contribution in [0.15, 0.2) is 30.5 Å². The number of carbonyl (C=O) groups excluding carboxylic acids is 1. The van der Waals surface area contributed by atoms with Crippen LogP contribution >= 0.6 is 0 Å². The van der Waals surface area contributed by atoms with Gasteiger partial charge < -0.3 is 10.6 Å². The quantitative estimate of drug-likeness (QED) is 0.817. The molecule has 1 fully saturated rings. The lowest BCUT2D eigenvalue weighted by atomic mass is 10.1. The number of benzene rings is 1. The van der Waals surface area contributed by atoms with Crippen LogP contribution in [0.5, 0.6) is 0 Å². The van der Waals surface area contributed by atoms with Gasteiger partial charge in [0.05, 0.1) is 5.69 Å². The second kappa shape index (κ2) is 8.00. The second-order valence-electron chi connectivity index (χ2n) is 6.18. The average Bonchev–Trinajstić information content (AvgIpc) is 2.86. The van der Waals surface area contributed by atoms with Gasteiger partial charge >= 0.3 is 0 Å². The van der Waals surface area contributed by atoms with Crippen molar-refractivity contribution >= 4 is 17.5 Å². The van der Waals surface area contributed by atoms with Gasteiger partial charge in [0, 0.05) is 18.3 Å². The predicted molar refractivity (Wildman–Crippen MR) is 91.5 cm³/mol. The summed E-state index contributed by atoms with van der Waals surface area (Å²) < 4.78 is 26.6. The molecule has 2 aromatic rings. The maximum atomic E-state index is 13.7. The molecule has 1 heterocycles. The van der Waals surface area contributed by atoms with E-state index in [9.17, 15) is 13.6 Å². The van der Waals surface area contributed by atoms with Gasteiger partial charge in [-0.25, -0.2) is 18.7 Å².